The fourth-order valence-corrected chi connectivity index (χ4v) is 5.53. The molecule has 1 saturated carbocycles. The van der Waals surface area contributed by atoms with E-state index in [0.717, 1.165) is 17.2 Å². The smallest absolute Gasteiger partial charge is 0.162 e. The molecule has 0 amide bonds. The third-order valence-corrected chi connectivity index (χ3v) is 7.31. The Hall–Kier alpha value is -2.95. The summed E-state index contributed by atoms with van der Waals surface area (Å²) in [5.74, 6) is 0.968. The average Bonchev–Trinajstić information content (AvgIpc) is 3.07. The zero-order valence-corrected chi connectivity index (χ0v) is 15.5. The van der Waals surface area contributed by atoms with E-state index in [2.05, 4.69) is 63.9 Å². The maximum Gasteiger partial charge on any atom is 0.162 e. The van der Waals surface area contributed by atoms with Gasteiger partial charge >= 0.3 is 0 Å². The Balaban J connectivity index is 1.67. The molecule has 0 bridgehead atoms. The van der Waals surface area contributed by atoms with Gasteiger partial charge in [0.05, 0.1) is 18.1 Å². The first-order valence-electron chi connectivity index (χ1n) is 9.53. The molecule has 6 rings (SSSR count). The molecule has 0 spiro atoms. The van der Waals surface area contributed by atoms with Crippen LogP contribution in [0.4, 0.5) is 22.9 Å². The lowest BCUT2D eigenvalue weighted by atomic mass is 9.45. The molecule has 0 saturated heterocycles. The quantitative estimate of drug-likeness (QED) is 0.640. The monoisotopic (exact) mass is 355 g/mol. The van der Waals surface area contributed by atoms with Crippen LogP contribution in [0.5, 0.6) is 0 Å². The zero-order valence-electron chi connectivity index (χ0n) is 15.5. The van der Waals surface area contributed by atoms with Gasteiger partial charge in [-0.2, -0.15) is 0 Å². The molecule has 0 radical (unpaired) electrons. The van der Waals surface area contributed by atoms with E-state index in [4.69, 9.17) is 4.98 Å². The number of aromatic nitrogens is 3. The van der Waals surface area contributed by atoms with Gasteiger partial charge in [-0.1, -0.05) is 32.0 Å². The van der Waals surface area contributed by atoms with Gasteiger partial charge in [0.15, 0.2) is 5.82 Å². The summed E-state index contributed by atoms with van der Waals surface area (Å²) in [5.41, 5.74) is 5.15. The normalized spacial score (nSPS) is 30.1. The number of nitrogens with zero attached hydrogens (tertiary/aromatic N) is 5. The van der Waals surface area contributed by atoms with Crippen LogP contribution in [0.1, 0.15) is 32.3 Å². The van der Waals surface area contributed by atoms with Gasteiger partial charge in [-0.25, -0.2) is 9.97 Å². The minimum atomic E-state index is 0.109. The van der Waals surface area contributed by atoms with Gasteiger partial charge in [0.25, 0.3) is 0 Å². The van der Waals surface area contributed by atoms with Crippen LogP contribution in [0.2, 0.25) is 0 Å². The van der Waals surface area contributed by atoms with E-state index in [1.807, 2.05) is 24.7 Å². The van der Waals surface area contributed by atoms with Crippen LogP contribution in [-0.2, 0) is 5.41 Å². The molecule has 0 N–H and O–H groups in total. The molecule has 1 aliphatic carbocycles. The highest BCUT2D eigenvalue weighted by Crippen LogP contribution is 2.69. The van der Waals surface area contributed by atoms with E-state index in [1.54, 1.807) is 6.33 Å². The molecule has 4 heterocycles. The third-order valence-electron chi connectivity index (χ3n) is 7.31. The SMILES string of the molecule is CC12CCC1(C)C1N(c3ccccc32)c2cncnc2N1c1cccnc1. The molecule has 2 aromatic heterocycles. The van der Waals surface area contributed by atoms with Crippen LogP contribution in [0.15, 0.2) is 61.3 Å². The largest absolute Gasteiger partial charge is 0.315 e. The fourth-order valence-electron chi connectivity index (χ4n) is 5.53. The summed E-state index contributed by atoms with van der Waals surface area (Å²) < 4.78 is 0. The highest BCUT2D eigenvalue weighted by atomic mass is 15.5. The van der Waals surface area contributed by atoms with Crippen molar-refractivity contribution < 1.29 is 0 Å². The Labute approximate surface area is 158 Å². The molecule has 1 fully saturated rings. The molecule has 5 heteroatoms. The van der Waals surface area contributed by atoms with Crippen LogP contribution in [0, 0.1) is 5.41 Å². The van der Waals surface area contributed by atoms with Crippen molar-refractivity contribution in [1.29, 1.82) is 0 Å². The molecule has 3 unspecified atom stereocenters. The first-order valence-corrected chi connectivity index (χ1v) is 9.53. The van der Waals surface area contributed by atoms with E-state index in [-0.39, 0.29) is 17.0 Å². The van der Waals surface area contributed by atoms with E-state index < -0.39 is 0 Å². The van der Waals surface area contributed by atoms with Crippen LogP contribution in [0.25, 0.3) is 0 Å². The van der Waals surface area contributed by atoms with Crippen molar-refractivity contribution in [1.82, 2.24) is 15.0 Å². The van der Waals surface area contributed by atoms with Crippen molar-refractivity contribution in [3.05, 3.63) is 66.9 Å². The summed E-state index contributed by atoms with van der Waals surface area (Å²) in [5, 5.41) is 0. The van der Waals surface area contributed by atoms with Gasteiger partial charge in [0.1, 0.15) is 18.2 Å². The molecule has 3 aliphatic rings. The number of fused-ring (bicyclic) bond motifs is 8. The molecular weight excluding hydrogens is 334 g/mol. The first kappa shape index (κ1) is 15.1. The minimum Gasteiger partial charge on any atom is -0.315 e. The lowest BCUT2D eigenvalue weighted by Gasteiger charge is -2.65. The maximum absolute atomic E-state index is 4.70. The summed E-state index contributed by atoms with van der Waals surface area (Å²) >= 11 is 0. The van der Waals surface area contributed by atoms with Gasteiger partial charge in [-0.15, -0.1) is 0 Å². The Morgan fingerprint density at radius 2 is 1.81 bits per heavy atom. The fraction of sp³-hybridized carbons (Fsp3) is 0.318. The Morgan fingerprint density at radius 1 is 0.926 bits per heavy atom. The number of pyridine rings is 1. The van der Waals surface area contributed by atoms with Gasteiger partial charge in [0, 0.05) is 22.7 Å². The number of hydrogen-bond donors (Lipinski definition) is 0. The van der Waals surface area contributed by atoms with E-state index in [9.17, 15) is 0 Å². The highest BCUT2D eigenvalue weighted by Gasteiger charge is 2.66. The molecule has 134 valence electrons. The molecule has 27 heavy (non-hydrogen) atoms. The summed E-state index contributed by atoms with van der Waals surface area (Å²) in [6.45, 7) is 4.87. The Bertz CT molecular complexity index is 1050. The van der Waals surface area contributed by atoms with E-state index >= 15 is 0 Å². The van der Waals surface area contributed by atoms with Crippen molar-refractivity contribution >= 4 is 22.9 Å². The lowest BCUT2D eigenvalue weighted by Crippen LogP contribution is -2.67. The summed E-state index contributed by atoms with van der Waals surface area (Å²) in [6, 6.07) is 13.0. The Kier molecular flexibility index (Phi) is 2.72. The number of para-hydroxylation sites is 1. The molecule has 3 aromatic rings. The predicted octanol–water partition coefficient (Wildman–Crippen LogP) is 4.56. The molecule has 2 aliphatic heterocycles. The van der Waals surface area contributed by atoms with Gasteiger partial charge in [0.2, 0.25) is 0 Å². The number of hydrogen-bond acceptors (Lipinski definition) is 5. The molecule has 5 nitrogen and oxygen atoms in total. The lowest BCUT2D eigenvalue weighted by molar-refractivity contribution is -0.00756. The second-order valence-corrected chi connectivity index (χ2v) is 8.32. The Morgan fingerprint density at radius 3 is 2.59 bits per heavy atom. The van der Waals surface area contributed by atoms with Gasteiger partial charge < -0.3 is 9.80 Å². The van der Waals surface area contributed by atoms with Crippen molar-refractivity contribution in [2.75, 3.05) is 9.80 Å². The first-order chi connectivity index (χ1) is 13.2. The van der Waals surface area contributed by atoms with Crippen LogP contribution in [0.3, 0.4) is 0 Å². The van der Waals surface area contributed by atoms with Crippen molar-refractivity contribution in [3.8, 4) is 0 Å². The molecular formula is C22H21N5. The van der Waals surface area contributed by atoms with Gasteiger partial charge in [-0.05, 0) is 36.6 Å². The highest BCUT2D eigenvalue weighted by molar-refractivity contribution is 5.88. The molecule has 3 atom stereocenters. The predicted molar refractivity (Wildman–Crippen MR) is 105 cm³/mol. The summed E-state index contributed by atoms with van der Waals surface area (Å²) in [4.78, 5) is 18.3. The van der Waals surface area contributed by atoms with E-state index in [1.165, 1.54) is 24.1 Å². The van der Waals surface area contributed by atoms with Crippen LogP contribution in [-0.4, -0.2) is 21.1 Å². The number of rotatable bonds is 1. The maximum atomic E-state index is 4.70. The number of benzene rings is 1. The second kappa shape index (κ2) is 4.85. The summed E-state index contributed by atoms with van der Waals surface area (Å²) in [6.07, 6.45) is 9.94. The summed E-state index contributed by atoms with van der Waals surface area (Å²) in [7, 11) is 0. The topological polar surface area (TPSA) is 45.2 Å². The van der Waals surface area contributed by atoms with Crippen LogP contribution >= 0.6 is 0 Å². The van der Waals surface area contributed by atoms with Crippen molar-refractivity contribution in [2.24, 2.45) is 5.41 Å². The number of anilines is 4. The standard InChI is InChI=1S/C22H21N5/c1-21-9-10-22(21,2)20-26(15-6-5-11-23-12-15)19-18(13-24-14-25-19)27(20)17-8-4-3-7-16(17)21/h3-8,11-14,20H,9-10H2,1-2H3. The van der Waals surface area contributed by atoms with Crippen LogP contribution < -0.4 is 9.80 Å². The average molecular weight is 355 g/mol. The van der Waals surface area contributed by atoms with Crippen molar-refractivity contribution in [2.45, 2.75) is 38.3 Å². The zero-order chi connectivity index (χ0) is 18.2. The minimum absolute atomic E-state index is 0.109. The third kappa shape index (κ3) is 1.63. The van der Waals surface area contributed by atoms with E-state index in [0.29, 0.717) is 0 Å². The van der Waals surface area contributed by atoms with Gasteiger partial charge in [-0.3, -0.25) is 4.98 Å². The molecule has 1 aromatic carbocycles. The second-order valence-electron chi connectivity index (χ2n) is 8.32. The van der Waals surface area contributed by atoms with Crippen molar-refractivity contribution in [3.63, 3.8) is 0 Å².